The molecule has 102 valence electrons. The third-order valence-corrected chi connectivity index (χ3v) is 2.96. The van der Waals surface area contributed by atoms with E-state index in [0.29, 0.717) is 18.0 Å². The summed E-state index contributed by atoms with van der Waals surface area (Å²) in [6, 6.07) is 5.49. The van der Waals surface area contributed by atoms with Gasteiger partial charge in [-0.3, -0.25) is 4.79 Å². The fraction of sp³-hybridized carbons (Fsp3) is 0.438. The van der Waals surface area contributed by atoms with E-state index in [0.717, 1.165) is 17.5 Å². The Hall–Kier alpha value is -1.79. The normalized spacial score (nSPS) is 11.4. The fourth-order valence-corrected chi connectivity index (χ4v) is 1.64. The molecule has 1 aromatic carbocycles. The third kappa shape index (κ3) is 5.15. The molecule has 0 aromatic heterocycles. The van der Waals surface area contributed by atoms with Crippen molar-refractivity contribution in [3.8, 4) is 11.8 Å². The number of carbonyl (C=O) groups is 1. The molecule has 0 bridgehead atoms. The van der Waals surface area contributed by atoms with Gasteiger partial charge in [0.05, 0.1) is 0 Å². The van der Waals surface area contributed by atoms with E-state index in [1.165, 1.54) is 0 Å². The van der Waals surface area contributed by atoms with E-state index in [2.05, 4.69) is 31.0 Å². The summed E-state index contributed by atoms with van der Waals surface area (Å²) in [7, 11) is 0. The Morgan fingerprint density at radius 1 is 1.42 bits per heavy atom. The van der Waals surface area contributed by atoms with Gasteiger partial charge in [0.1, 0.15) is 6.61 Å². The quantitative estimate of drug-likeness (QED) is 0.814. The molecule has 0 aliphatic rings. The lowest BCUT2D eigenvalue weighted by molar-refractivity contribution is 0.0947. The molecule has 1 aromatic rings. The number of aryl methyl sites for hydroxylation is 1. The maximum absolute atomic E-state index is 12.0. The summed E-state index contributed by atoms with van der Waals surface area (Å²) < 4.78 is 0. The molecule has 0 aliphatic carbocycles. The molecule has 1 amide bonds. The smallest absolute Gasteiger partial charge is 0.251 e. The highest BCUT2D eigenvalue weighted by atomic mass is 16.2. The highest BCUT2D eigenvalue weighted by molar-refractivity contribution is 5.94. The van der Waals surface area contributed by atoms with Crippen molar-refractivity contribution in [3.05, 3.63) is 34.9 Å². The van der Waals surface area contributed by atoms with Crippen LogP contribution in [0.2, 0.25) is 0 Å². The molecule has 0 aliphatic heterocycles. The number of nitrogens with one attached hydrogen (secondary N) is 1. The fourth-order valence-electron chi connectivity index (χ4n) is 1.64. The van der Waals surface area contributed by atoms with E-state index >= 15 is 0 Å². The van der Waals surface area contributed by atoms with Gasteiger partial charge in [-0.25, -0.2) is 0 Å². The third-order valence-electron chi connectivity index (χ3n) is 2.96. The van der Waals surface area contributed by atoms with Gasteiger partial charge in [-0.2, -0.15) is 0 Å². The second kappa shape index (κ2) is 7.60. The van der Waals surface area contributed by atoms with Crippen LogP contribution in [0.3, 0.4) is 0 Å². The first-order valence-electron chi connectivity index (χ1n) is 6.56. The highest BCUT2D eigenvalue weighted by Crippen LogP contribution is 2.09. The lowest BCUT2D eigenvalue weighted by Gasteiger charge is -2.10. The Morgan fingerprint density at radius 3 is 2.79 bits per heavy atom. The summed E-state index contributed by atoms with van der Waals surface area (Å²) in [4.78, 5) is 12.0. The molecule has 3 heteroatoms. The zero-order valence-electron chi connectivity index (χ0n) is 11.8. The molecule has 0 heterocycles. The van der Waals surface area contributed by atoms with Crippen molar-refractivity contribution in [2.75, 3.05) is 13.2 Å². The largest absolute Gasteiger partial charge is 0.384 e. The SMILES string of the molecule is CCC(C)CNC(=O)c1cc(C)cc(C#CCO)c1. The van der Waals surface area contributed by atoms with E-state index in [1.807, 2.05) is 19.1 Å². The van der Waals surface area contributed by atoms with Crippen molar-refractivity contribution < 1.29 is 9.90 Å². The van der Waals surface area contributed by atoms with Gasteiger partial charge < -0.3 is 10.4 Å². The minimum Gasteiger partial charge on any atom is -0.384 e. The van der Waals surface area contributed by atoms with Crippen LogP contribution >= 0.6 is 0 Å². The Kier molecular flexibility index (Phi) is 6.11. The molecule has 1 unspecified atom stereocenters. The van der Waals surface area contributed by atoms with E-state index in [9.17, 15) is 4.79 Å². The number of hydrogen-bond acceptors (Lipinski definition) is 2. The van der Waals surface area contributed by atoms with Crippen LogP contribution in [0, 0.1) is 24.7 Å². The van der Waals surface area contributed by atoms with Crippen molar-refractivity contribution in [3.63, 3.8) is 0 Å². The maximum Gasteiger partial charge on any atom is 0.251 e. The Labute approximate surface area is 115 Å². The number of hydrogen-bond donors (Lipinski definition) is 2. The maximum atomic E-state index is 12.0. The summed E-state index contributed by atoms with van der Waals surface area (Å²) in [5.41, 5.74) is 2.35. The molecule has 0 saturated carbocycles. The summed E-state index contributed by atoms with van der Waals surface area (Å²) in [5, 5.41) is 11.6. The van der Waals surface area contributed by atoms with E-state index in [1.54, 1.807) is 6.07 Å². The molecule has 0 saturated heterocycles. The van der Waals surface area contributed by atoms with Crippen molar-refractivity contribution in [2.24, 2.45) is 5.92 Å². The topological polar surface area (TPSA) is 49.3 Å². The lowest BCUT2D eigenvalue weighted by Crippen LogP contribution is -2.28. The van der Waals surface area contributed by atoms with Gasteiger partial charge in [-0.05, 0) is 36.6 Å². The van der Waals surface area contributed by atoms with Crippen LogP contribution in [0.5, 0.6) is 0 Å². The van der Waals surface area contributed by atoms with Gasteiger partial charge in [0.25, 0.3) is 5.91 Å². The molecule has 0 radical (unpaired) electrons. The average Bonchev–Trinajstić information content (AvgIpc) is 2.41. The molecule has 1 atom stereocenters. The zero-order valence-corrected chi connectivity index (χ0v) is 11.8. The summed E-state index contributed by atoms with van der Waals surface area (Å²) in [6.07, 6.45) is 1.04. The van der Waals surface area contributed by atoms with E-state index in [4.69, 9.17) is 5.11 Å². The Balaban J connectivity index is 2.82. The molecular formula is C16H21NO2. The van der Waals surface area contributed by atoms with Crippen molar-refractivity contribution in [1.29, 1.82) is 0 Å². The highest BCUT2D eigenvalue weighted by Gasteiger charge is 2.08. The first-order chi connectivity index (χ1) is 9.06. The molecule has 1 rings (SSSR count). The van der Waals surface area contributed by atoms with Crippen LogP contribution in [-0.4, -0.2) is 24.2 Å². The van der Waals surface area contributed by atoms with Gasteiger partial charge in [0, 0.05) is 17.7 Å². The first-order valence-corrected chi connectivity index (χ1v) is 6.56. The van der Waals surface area contributed by atoms with Crippen LogP contribution in [0.4, 0.5) is 0 Å². The number of rotatable bonds is 4. The number of benzene rings is 1. The predicted molar refractivity (Wildman–Crippen MR) is 76.9 cm³/mol. The van der Waals surface area contributed by atoms with Crippen LogP contribution in [0.1, 0.15) is 41.8 Å². The van der Waals surface area contributed by atoms with E-state index < -0.39 is 0 Å². The van der Waals surface area contributed by atoms with Gasteiger partial charge in [0.15, 0.2) is 0 Å². The van der Waals surface area contributed by atoms with Gasteiger partial charge in [0.2, 0.25) is 0 Å². The summed E-state index contributed by atoms with van der Waals surface area (Å²) >= 11 is 0. The predicted octanol–water partition coefficient (Wildman–Crippen LogP) is 2.11. The van der Waals surface area contributed by atoms with Crippen molar-refractivity contribution in [2.45, 2.75) is 27.2 Å². The number of aliphatic hydroxyl groups excluding tert-OH is 1. The Bertz CT molecular complexity index is 497. The van der Waals surface area contributed by atoms with Gasteiger partial charge in [-0.15, -0.1) is 0 Å². The molecule has 19 heavy (non-hydrogen) atoms. The number of aliphatic hydroxyl groups is 1. The Morgan fingerprint density at radius 2 is 2.16 bits per heavy atom. The molecule has 2 N–H and O–H groups in total. The van der Waals surface area contributed by atoms with Crippen molar-refractivity contribution >= 4 is 5.91 Å². The molecular weight excluding hydrogens is 238 g/mol. The molecule has 0 fully saturated rings. The second-order valence-corrected chi connectivity index (χ2v) is 4.77. The molecule has 0 spiro atoms. The summed E-state index contributed by atoms with van der Waals surface area (Å²) in [5.74, 6) is 5.82. The van der Waals surface area contributed by atoms with Crippen LogP contribution < -0.4 is 5.32 Å². The second-order valence-electron chi connectivity index (χ2n) is 4.77. The minimum absolute atomic E-state index is 0.0731. The van der Waals surface area contributed by atoms with Crippen LogP contribution in [0.25, 0.3) is 0 Å². The standard InChI is InChI=1S/C16H21NO2/c1-4-12(2)11-17-16(19)15-9-13(3)8-14(10-15)6-5-7-18/h8-10,12,18H,4,7,11H2,1-3H3,(H,17,19). The van der Waals surface area contributed by atoms with Crippen molar-refractivity contribution in [1.82, 2.24) is 5.32 Å². The average molecular weight is 259 g/mol. The number of amides is 1. The zero-order chi connectivity index (χ0) is 14.3. The summed E-state index contributed by atoms with van der Waals surface area (Å²) in [6.45, 7) is 6.64. The first kappa shape index (κ1) is 15.3. The van der Waals surface area contributed by atoms with E-state index in [-0.39, 0.29) is 12.5 Å². The van der Waals surface area contributed by atoms with Gasteiger partial charge >= 0.3 is 0 Å². The number of carbonyl (C=O) groups excluding carboxylic acids is 1. The van der Waals surface area contributed by atoms with Crippen LogP contribution in [0.15, 0.2) is 18.2 Å². The monoisotopic (exact) mass is 259 g/mol. The van der Waals surface area contributed by atoms with Crippen LogP contribution in [-0.2, 0) is 0 Å². The molecule has 3 nitrogen and oxygen atoms in total. The van der Waals surface area contributed by atoms with Gasteiger partial charge in [-0.1, -0.05) is 32.1 Å². The lowest BCUT2D eigenvalue weighted by atomic mass is 10.1. The minimum atomic E-state index is -0.177.